The summed E-state index contributed by atoms with van der Waals surface area (Å²) in [6, 6.07) is 21.0. The first-order chi connectivity index (χ1) is 16.0. The largest absolute Gasteiger partial charge is 0.389 e. The highest BCUT2D eigenvalue weighted by Gasteiger charge is 2.31. The fraction of sp³-hybridized carbons (Fsp3) is 0.200. The second-order valence-electron chi connectivity index (χ2n) is 7.68. The van der Waals surface area contributed by atoms with Crippen LogP contribution in [0.4, 0.5) is 5.82 Å². The lowest BCUT2D eigenvalue weighted by atomic mass is 9.96. The first-order valence-electron chi connectivity index (χ1n) is 10.4. The number of carbonyl (C=O) groups excluding carboxylic acids is 1. The predicted molar refractivity (Wildman–Crippen MR) is 127 cm³/mol. The van der Waals surface area contributed by atoms with Gasteiger partial charge in [0.2, 0.25) is 5.91 Å². The Morgan fingerprint density at radius 2 is 1.85 bits per heavy atom. The van der Waals surface area contributed by atoms with Crippen LogP contribution in [0, 0.1) is 22.7 Å². The van der Waals surface area contributed by atoms with E-state index in [2.05, 4.69) is 12.1 Å². The molecule has 1 amide bonds. The van der Waals surface area contributed by atoms with Gasteiger partial charge in [0.15, 0.2) is 0 Å². The van der Waals surface area contributed by atoms with Crippen LogP contribution < -0.4 is 10.6 Å². The number of hydrogen-bond donors (Lipinski definition) is 2. The molecule has 0 aliphatic carbocycles. The van der Waals surface area contributed by atoms with Crippen molar-refractivity contribution in [1.29, 1.82) is 10.5 Å². The minimum absolute atomic E-state index is 0.336. The number of aliphatic hydroxyl groups excluding tert-OH is 1. The normalized spacial score (nSPS) is 13.1. The molecule has 0 spiro atoms. The zero-order chi connectivity index (χ0) is 23.4. The van der Waals surface area contributed by atoms with Crippen molar-refractivity contribution in [2.24, 2.45) is 5.73 Å². The molecule has 4 rings (SSSR count). The molecule has 164 valence electrons. The number of nitrogens with zero attached hydrogens (tertiary/aromatic N) is 4. The second kappa shape index (κ2) is 9.74. The number of β-amino-alcohol motifs (C(OH)–C–C–N with tert-alkyl or cyclic N) is 1. The molecule has 1 aliphatic rings. The van der Waals surface area contributed by atoms with Gasteiger partial charge in [-0.15, -0.1) is 11.8 Å². The maximum atomic E-state index is 11.4. The first kappa shape index (κ1) is 22.3. The number of benzene rings is 2. The Morgan fingerprint density at radius 3 is 2.48 bits per heavy atom. The van der Waals surface area contributed by atoms with E-state index in [-0.39, 0.29) is 0 Å². The quantitative estimate of drug-likeness (QED) is 0.524. The molecular weight excluding hydrogens is 434 g/mol. The van der Waals surface area contributed by atoms with Gasteiger partial charge in [-0.2, -0.15) is 10.5 Å². The molecule has 0 unspecified atom stereocenters. The molecule has 2 aromatic carbocycles. The van der Waals surface area contributed by atoms with Gasteiger partial charge in [-0.3, -0.25) is 4.79 Å². The number of nitriles is 2. The highest BCUT2D eigenvalue weighted by Crippen LogP contribution is 2.38. The van der Waals surface area contributed by atoms with E-state index in [9.17, 15) is 20.4 Å². The van der Waals surface area contributed by atoms with Crippen molar-refractivity contribution in [3.8, 4) is 23.3 Å². The van der Waals surface area contributed by atoms with E-state index in [0.717, 1.165) is 11.1 Å². The summed E-state index contributed by atoms with van der Waals surface area (Å²) < 4.78 is 0. The number of amides is 1. The topological polar surface area (TPSA) is 127 Å². The Hall–Kier alpha value is -3.85. The standard InChI is InChI=1S/C25H21N5O2S/c26-12-20-22(17-6-2-1-3-7-17)21(13-27)25(29-24(20)30-14-19(31)15-30)33-10-9-16-5-4-8-18(11-16)23(28)32/h1-8,11,19,31H,9-10,14-15H2,(H2,28,32). The Balaban J connectivity index is 1.71. The van der Waals surface area contributed by atoms with Gasteiger partial charge in [-0.25, -0.2) is 4.98 Å². The third-order valence-corrected chi connectivity index (χ3v) is 6.41. The molecule has 0 atom stereocenters. The lowest BCUT2D eigenvalue weighted by molar-refractivity contribution is 0.1000. The van der Waals surface area contributed by atoms with Gasteiger partial charge in [0, 0.05) is 30.0 Å². The minimum atomic E-state index is -0.473. The molecule has 2 heterocycles. The van der Waals surface area contributed by atoms with Gasteiger partial charge in [0.05, 0.1) is 11.7 Å². The number of aromatic nitrogens is 1. The minimum Gasteiger partial charge on any atom is -0.389 e. The molecule has 0 bridgehead atoms. The van der Waals surface area contributed by atoms with E-state index >= 15 is 0 Å². The number of primary amides is 1. The smallest absolute Gasteiger partial charge is 0.248 e. The van der Waals surface area contributed by atoms with Crippen LogP contribution in [-0.2, 0) is 6.42 Å². The zero-order valence-electron chi connectivity index (χ0n) is 17.7. The number of anilines is 1. The number of rotatable bonds is 7. The lowest BCUT2D eigenvalue weighted by Crippen LogP contribution is -2.51. The van der Waals surface area contributed by atoms with Gasteiger partial charge >= 0.3 is 0 Å². The van der Waals surface area contributed by atoms with Gasteiger partial charge in [-0.1, -0.05) is 42.5 Å². The van der Waals surface area contributed by atoms with E-state index in [0.29, 0.717) is 58.4 Å². The molecular formula is C25H21N5O2S. The van der Waals surface area contributed by atoms with E-state index in [1.54, 1.807) is 18.2 Å². The van der Waals surface area contributed by atoms with E-state index in [4.69, 9.17) is 10.7 Å². The van der Waals surface area contributed by atoms with Gasteiger partial charge < -0.3 is 15.7 Å². The Morgan fingerprint density at radius 1 is 1.12 bits per heavy atom. The maximum absolute atomic E-state index is 11.4. The summed E-state index contributed by atoms with van der Waals surface area (Å²) in [6.07, 6.45) is 0.194. The van der Waals surface area contributed by atoms with Gasteiger partial charge in [-0.05, 0) is 29.7 Å². The van der Waals surface area contributed by atoms with Crippen LogP contribution in [0.1, 0.15) is 27.0 Å². The van der Waals surface area contributed by atoms with Crippen LogP contribution in [0.2, 0.25) is 0 Å². The fourth-order valence-electron chi connectivity index (χ4n) is 3.76. The molecule has 0 radical (unpaired) electrons. The number of aliphatic hydroxyl groups is 1. The molecule has 7 nitrogen and oxygen atoms in total. The average Bonchev–Trinajstić information content (AvgIpc) is 2.82. The summed E-state index contributed by atoms with van der Waals surface area (Å²) in [4.78, 5) is 18.0. The number of thioether (sulfide) groups is 1. The number of hydrogen-bond acceptors (Lipinski definition) is 7. The predicted octanol–water partition coefficient (Wildman–Crippen LogP) is 3.11. The number of aryl methyl sites for hydroxylation is 1. The van der Waals surface area contributed by atoms with Crippen LogP contribution in [0.3, 0.4) is 0 Å². The van der Waals surface area contributed by atoms with Crippen molar-refractivity contribution in [3.63, 3.8) is 0 Å². The molecule has 3 aromatic rings. The molecule has 1 aliphatic heterocycles. The van der Waals surface area contributed by atoms with E-state index < -0.39 is 12.0 Å². The van der Waals surface area contributed by atoms with Crippen molar-refractivity contribution < 1.29 is 9.90 Å². The molecule has 1 fully saturated rings. The molecule has 1 saturated heterocycles. The molecule has 0 saturated carbocycles. The highest BCUT2D eigenvalue weighted by molar-refractivity contribution is 7.99. The third kappa shape index (κ3) is 4.68. The SMILES string of the molecule is N#Cc1c(SCCc2cccc(C(N)=O)c2)nc(N2CC(O)C2)c(C#N)c1-c1ccccc1. The summed E-state index contributed by atoms with van der Waals surface area (Å²) in [6.45, 7) is 0.789. The third-order valence-electron chi connectivity index (χ3n) is 5.43. The summed E-state index contributed by atoms with van der Waals surface area (Å²) in [5, 5.41) is 30.3. The number of nitrogens with two attached hydrogens (primary N) is 1. The van der Waals surface area contributed by atoms with Crippen LogP contribution >= 0.6 is 11.8 Å². The monoisotopic (exact) mass is 455 g/mol. The van der Waals surface area contributed by atoms with Crippen molar-refractivity contribution >= 4 is 23.5 Å². The van der Waals surface area contributed by atoms with Crippen molar-refractivity contribution in [3.05, 3.63) is 76.9 Å². The number of carbonyl (C=O) groups is 1. The first-order valence-corrected chi connectivity index (χ1v) is 11.4. The summed E-state index contributed by atoms with van der Waals surface area (Å²) in [7, 11) is 0. The van der Waals surface area contributed by atoms with Crippen molar-refractivity contribution in [1.82, 2.24) is 4.98 Å². The van der Waals surface area contributed by atoms with Crippen LogP contribution in [0.5, 0.6) is 0 Å². The Kier molecular flexibility index (Phi) is 6.60. The van der Waals surface area contributed by atoms with E-state index in [1.807, 2.05) is 41.3 Å². The average molecular weight is 456 g/mol. The van der Waals surface area contributed by atoms with Gasteiger partial charge in [0.25, 0.3) is 0 Å². The van der Waals surface area contributed by atoms with Crippen LogP contribution in [0.25, 0.3) is 11.1 Å². The van der Waals surface area contributed by atoms with Crippen molar-refractivity contribution in [2.75, 3.05) is 23.7 Å². The van der Waals surface area contributed by atoms with Crippen LogP contribution in [-0.4, -0.2) is 40.9 Å². The summed E-state index contributed by atoms with van der Waals surface area (Å²) in [5.74, 6) is 0.629. The zero-order valence-corrected chi connectivity index (χ0v) is 18.5. The molecule has 8 heteroatoms. The van der Waals surface area contributed by atoms with E-state index in [1.165, 1.54) is 11.8 Å². The number of pyridine rings is 1. The Bertz CT molecular complexity index is 1270. The summed E-state index contributed by atoms with van der Waals surface area (Å²) >= 11 is 1.43. The molecule has 3 N–H and O–H groups in total. The summed E-state index contributed by atoms with van der Waals surface area (Å²) in [5.41, 5.74) is 8.81. The van der Waals surface area contributed by atoms with Gasteiger partial charge in [0.1, 0.15) is 28.5 Å². The second-order valence-corrected chi connectivity index (χ2v) is 8.76. The molecule has 33 heavy (non-hydrogen) atoms. The fourth-order valence-corrected chi connectivity index (χ4v) is 4.74. The molecule has 1 aromatic heterocycles. The van der Waals surface area contributed by atoms with Crippen molar-refractivity contribution in [2.45, 2.75) is 17.6 Å². The maximum Gasteiger partial charge on any atom is 0.248 e. The lowest BCUT2D eigenvalue weighted by Gasteiger charge is -2.37. The Labute approximate surface area is 196 Å². The van der Waals surface area contributed by atoms with Crippen LogP contribution in [0.15, 0.2) is 59.6 Å². The highest BCUT2D eigenvalue weighted by atomic mass is 32.2.